The fraction of sp³-hybridized carbons (Fsp3) is 0.389. The fourth-order valence-electron chi connectivity index (χ4n) is 2.93. The summed E-state index contributed by atoms with van der Waals surface area (Å²) >= 11 is 1.83. The van der Waals surface area contributed by atoms with Crippen molar-refractivity contribution in [1.29, 1.82) is 0 Å². The summed E-state index contributed by atoms with van der Waals surface area (Å²) < 4.78 is 13.2. The summed E-state index contributed by atoms with van der Waals surface area (Å²) in [4.78, 5) is 17.6. The molecule has 2 heterocycles. The molecule has 1 aromatic carbocycles. The van der Waals surface area contributed by atoms with E-state index in [0.717, 1.165) is 31.6 Å². The molecule has 1 aliphatic heterocycles. The Kier molecular flexibility index (Phi) is 5.48. The predicted molar refractivity (Wildman–Crippen MR) is 94.6 cm³/mol. The highest BCUT2D eigenvalue weighted by Gasteiger charge is 2.17. The third-order valence-electron chi connectivity index (χ3n) is 4.25. The van der Waals surface area contributed by atoms with Gasteiger partial charge < -0.3 is 10.2 Å². The molecule has 6 heteroatoms. The fourth-order valence-corrected chi connectivity index (χ4v) is 3.82. The molecule has 0 aliphatic carbocycles. The average molecular weight is 347 g/mol. The van der Waals surface area contributed by atoms with Crippen LogP contribution in [0.5, 0.6) is 0 Å². The number of hydrogen-bond donors (Lipinski definition) is 1. The Balaban J connectivity index is 1.41. The van der Waals surface area contributed by atoms with Crippen LogP contribution in [-0.4, -0.2) is 42.5 Å². The van der Waals surface area contributed by atoms with E-state index in [-0.39, 0.29) is 11.8 Å². The maximum atomic E-state index is 13.2. The summed E-state index contributed by atoms with van der Waals surface area (Å²) in [7, 11) is 1.72. The number of thiophene rings is 1. The Labute approximate surface area is 145 Å². The van der Waals surface area contributed by atoms with Gasteiger partial charge in [-0.25, -0.2) is 9.18 Å². The van der Waals surface area contributed by atoms with E-state index in [1.54, 1.807) is 18.0 Å². The maximum absolute atomic E-state index is 13.2. The van der Waals surface area contributed by atoms with E-state index < -0.39 is 0 Å². The summed E-state index contributed by atoms with van der Waals surface area (Å²) in [6, 6.07) is 8.39. The van der Waals surface area contributed by atoms with Crippen molar-refractivity contribution in [2.45, 2.75) is 19.5 Å². The number of hydrogen-bond acceptors (Lipinski definition) is 3. The van der Waals surface area contributed by atoms with Gasteiger partial charge in [0, 0.05) is 44.6 Å². The van der Waals surface area contributed by atoms with Gasteiger partial charge in [-0.2, -0.15) is 0 Å². The first-order valence-electron chi connectivity index (χ1n) is 8.13. The Morgan fingerprint density at radius 1 is 1.42 bits per heavy atom. The van der Waals surface area contributed by atoms with Crippen molar-refractivity contribution in [2.24, 2.45) is 0 Å². The third-order valence-corrected chi connectivity index (χ3v) is 5.27. The van der Waals surface area contributed by atoms with Crippen molar-refractivity contribution in [3.05, 3.63) is 57.5 Å². The molecular weight excluding hydrogens is 325 g/mol. The minimum Gasteiger partial charge on any atom is -0.337 e. The molecule has 4 nitrogen and oxygen atoms in total. The van der Waals surface area contributed by atoms with Crippen molar-refractivity contribution in [2.75, 3.05) is 26.7 Å². The normalized spacial score (nSPS) is 14.2. The van der Waals surface area contributed by atoms with Crippen LogP contribution in [0.1, 0.15) is 16.0 Å². The van der Waals surface area contributed by atoms with E-state index >= 15 is 0 Å². The smallest absolute Gasteiger partial charge is 0.317 e. The highest BCUT2D eigenvalue weighted by Crippen LogP contribution is 2.23. The molecule has 1 aromatic heterocycles. The topological polar surface area (TPSA) is 35.6 Å². The van der Waals surface area contributed by atoms with Gasteiger partial charge in [0.05, 0.1) is 0 Å². The highest BCUT2D eigenvalue weighted by molar-refractivity contribution is 7.10. The first-order chi connectivity index (χ1) is 11.6. The van der Waals surface area contributed by atoms with Crippen molar-refractivity contribution in [1.82, 2.24) is 15.1 Å². The zero-order chi connectivity index (χ0) is 16.9. The molecule has 3 rings (SSSR count). The number of amides is 2. The lowest BCUT2D eigenvalue weighted by Gasteiger charge is -2.27. The average Bonchev–Trinajstić information content (AvgIpc) is 3.02. The molecule has 0 radical (unpaired) electrons. The molecule has 1 aliphatic rings. The van der Waals surface area contributed by atoms with Crippen LogP contribution in [0, 0.1) is 5.82 Å². The van der Waals surface area contributed by atoms with E-state index in [2.05, 4.69) is 21.7 Å². The SMILES string of the molecule is CN(Cc1cccc(F)c1)C(=O)NCCN1CCc2sccc2C1. The molecule has 0 saturated heterocycles. The summed E-state index contributed by atoms with van der Waals surface area (Å²) in [6.07, 6.45) is 1.10. The second kappa shape index (κ2) is 7.77. The van der Waals surface area contributed by atoms with Crippen molar-refractivity contribution in [3.8, 4) is 0 Å². The van der Waals surface area contributed by atoms with Crippen LogP contribution in [0.15, 0.2) is 35.7 Å². The van der Waals surface area contributed by atoms with Gasteiger partial charge in [0.25, 0.3) is 0 Å². The second-order valence-electron chi connectivity index (χ2n) is 6.11. The molecule has 0 spiro atoms. The zero-order valence-corrected chi connectivity index (χ0v) is 14.6. The standard InChI is InChI=1S/C18H22FN3OS/c1-21(12-14-3-2-4-16(19)11-14)18(23)20-7-9-22-8-5-17-15(13-22)6-10-24-17/h2-4,6,10-11H,5,7-9,12-13H2,1H3,(H,20,23). The van der Waals surface area contributed by atoms with Gasteiger partial charge >= 0.3 is 6.03 Å². The van der Waals surface area contributed by atoms with Gasteiger partial charge in [0.1, 0.15) is 5.82 Å². The number of rotatable bonds is 5. The van der Waals surface area contributed by atoms with Gasteiger partial charge in [-0.15, -0.1) is 11.3 Å². The Bertz CT molecular complexity index is 703. The molecule has 0 saturated carbocycles. The molecule has 2 amide bonds. The maximum Gasteiger partial charge on any atom is 0.317 e. The minimum atomic E-state index is -0.279. The Morgan fingerprint density at radius 2 is 2.29 bits per heavy atom. The number of nitrogens with one attached hydrogen (secondary N) is 1. The Hall–Kier alpha value is -1.92. The zero-order valence-electron chi connectivity index (χ0n) is 13.8. The Morgan fingerprint density at radius 3 is 3.12 bits per heavy atom. The van der Waals surface area contributed by atoms with Crippen LogP contribution < -0.4 is 5.32 Å². The van der Waals surface area contributed by atoms with Gasteiger partial charge in [0.2, 0.25) is 0 Å². The minimum absolute atomic E-state index is 0.132. The summed E-state index contributed by atoms with van der Waals surface area (Å²) in [5.41, 5.74) is 2.20. The van der Waals surface area contributed by atoms with Crippen LogP contribution in [-0.2, 0) is 19.5 Å². The third kappa shape index (κ3) is 4.33. The van der Waals surface area contributed by atoms with E-state index in [1.165, 1.54) is 22.6 Å². The number of carbonyl (C=O) groups is 1. The van der Waals surface area contributed by atoms with E-state index in [1.807, 2.05) is 17.4 Å². The number of fused-ring (bicyclic) bond motifs is 1. The number of benzene rings is 1. The van der Waals surface area contributed by atoms with Crippen LogP contribution in [0.2, 0.25) is 0 Å². The highest BCUT2D eigenvalue weighted by atomic mass is 32.1. The quantitative estimate of drug-likeness (QED) is 0.902. The van der Waals surface area contributed by atoms with Gasteiger partial charge in [-0.1, -0.05) is 12.1 Å². The molecule has 24 heavy (non-hydrogen) atoms. The molecule has 0 unspecified atom stereocenters. The van der Waals surface area contributed by atoms with Crippen molar-refractivity contribution in [3.63, 3.8) is 0 Å². The first kappa shape index (κ1) is 16.9. The summed E-state index contributed by atoms with van der Waals surface area (Å²) in [5, 5.41) is 5.09. The molecule has 0 atom stereocenters. The van der Waals surface area contributed by atoms with E-state index in [4.69, 9.17) is 0 Å². The van der Waals surface area contributed by atoms with Crippen molar-refractivity contribution < 1.29 is 9.18 Å². The molecule has 128 valence electrons. The predicted octanol–water partition coefficient (Wildman–Crippen LogP) is 3.09. The van der Waals surface area contributed by atoms with Crippen LogP contribution in [0.3, 0.4) is 0 Å². The number of carbonyl (C=O) groups excluding carboxylic acids is 1. The van der Waals surface area contributed by atoms with Crippen LogP contribution >= 0.6 is 11.3 Å². The molecule has 1 N–H and O–H groups in total. The van der Waals surface area contributed by atoms with Crippen molar-refractivity contribution >= 4 is 17.4 Å². The van der Waals surface area contributed by atoms with E-state index in [0.29, 0.717) is 13.1 Å². The second-order valence-corrected chi connectivity index (χ2v) is 7.11. The lowest BCUT2D eigenvalue weighted by atomic mass is 10.1. The largest absolute Gasteiger partial charge is 0.337 e. The number of nitrogens with zero attached hydrogens (tertiary/aromatic N) is 2. The van der Waals surface area contributed by atoms with E-state index in [9.17, 15) is 9.18 Å². The van der Waals surface area contributed by atoms with Gasteiger partial charge in [0.15, 0.2) is 0 Å². The van der Waals surface area contributed by atoms with Crippen LogP contribution in [0.4, 0.5) is 9.18 Å². The summed E-state index contributed by atoms with van der Waals surface area (Å²) in [6.45, 7) is 3.86. The molecule has 0 fully saturated rings. The lowest BCUT2D eigenvalue weighted by Crippen LogP contribution is -2.42. The number of halogens is 1. The van der Waals surface area contributed by atoms with Crippen LogP contribution in [0.25, 0.3) is 0 Å². The van der Waals surface area contributed by atoms with Gasteiger partial charge in [-0.05, 0) is 41.1 Å². The first-order valence-corrected chi connectivity index (χ1v) is 9.01. The monoisotopic (exact) mass is 347 g/mol. The summed E-state index contributed by atoms with van der Waals surface area (Å²) in [5.74, 6) is -0.279. The number of urea groups is 1. The van der Waals surface area contributed by atoms with Gasteiger partial charge in [-0.3, -0.25) is 4.90 Å². The lowest BCUT2D eigenvalue weighted by molar-refractivity contribution is 0.201. The molecule has 2 aromatic rings. The molecule has 0 bridgehead atoms. The molecular formula is C18H22FN3OS.